The highest BCUT2D eigenvalue weighted by molar-refractivity contribution is 5.88. The number of rotatable bonds is 8. The molecule has 6 heteroatoms. The SMILES string of the molecule is CCCN1C[C@@H](NC(=O)N(CCN(C)C)CC(C)C)C[C@@H]2CC(=O)C3(CC3)C[C@H]21.[HH]. The fourth-order valence-corrected chi connectivity index (χ4v) is 5.38. The molecule has 1 heterocycles. The van der Waals surface area contributed by atoms with Crippen LogP contribution < -0.4 is 5.32 Å². The van der Waals surface area contributed by atoms with Crippen molar-refractivity contribution in [2.45, 2.75) is 71.4 Å². The number of amides is 2. The fraction of sp³-hybridized carbons (Fsp3) is 0.913. The molecule has 2 saturated carbocycles. The van der Waals surface area contributed by atoms with Crippen molar-refractivity contribution < 1.29 is 11.0 Å². The Balaban J connectivity index is 0.00000320. The van der Waals surface area contributed by atoms with Crippen LogP contribution in [0.15, 0.2) is 0 Å². The molecular formula is C23H44N4O2. The van der Waals surface area contributed by atoms with Crippen LogP contribution in [0.5, 0.6) is 0 Å². The van der Waals surface area contributed by atoms with E-state index < -0.39 is 0 Å². The Morgan fingerprint density at radius 1 is 1.31 bits per heavy atom. The molecule has 6 nitrogen and oxygen atoms in total. The Morgan fingerprint density at radius 2 is 2.03 bits per heavy atom. The smallest absolute Gasteiger partial charge is 0.317 e. The van der Waals surface area contributed by atoms with E-state index in [9.17, 15) is 9.59 Å². The monoisotopic (exact) mass is 408 g/mol. The molecule has 2 aliphatic carbocycles. The zero-order chi connectivity index (χ0) is 21.2. The number of hydrogen-bond acceptors (Lipinski definition) is 4. The molecule has 1 N–H and O–H groups in total. The predicted molar refractivity (Wildman–Crippen MR) is 119 cm³/mol. The first kappa shape index (κ1) is 22.5. The summed E-state index contributed by atoms with van der Waals surface area (Å²) in [6, 6.07) is 0.732. The third kappa shape index (κ3) is 5.52. The van der Waals surface area contributed by atoms with Gasteiger partial charge in [0.2, 0.25) is 0 Å². The lowest BCUT2D eigenvalue weighted by Gasteiger charge is -2.49. The molecule has 0 aromatic carbocycles. The molecule has 1 spiro atoms. The summed E-state index contributed by atoms with van der Waals surface area (Å²) in [5.74, 6) is 1.34. The van der Waals surface area contributed by atoms with Crippen LogP contribution in [0.1, 0.15) is 60.7 Å². The van der Waals surface area contributed by atoms with E-state index in [1.54, 1.807) is 0 Å². The molecular weight excluding hydrogens is 364 g/mol. The van der Waals surface area contributed by atoms with E-state index in [0.29, 0.717) is 30.1 Å². The Labute approximate surface area is 178 Å². The summed E-state index contributed by atoms with van der Waals surface area (Å²) in [7, 11) is 4.09. The van der Waals surface area contributed by atoms with Crippen LogP contribution in [0.25, 0.3) is 0 Å². The third-order valence-electron chi connectivity index (χ3n) is 7.08. The Kier molecular flexibility index (Phi) is 7.26. The van der Waals surface area contributed by atoms with Crippen molar-refractivity contribution in [3.8, 4) is 0 Å². The highest BCUT2D eigenvalue weighted by Crippen LogP contribution is 2.56. The van der Waals surface area contributed by atoms with Gasteiger partial charge in [0, 0.05) is 51.5 Å². The molecule has 3 atom stereocenters. The molecule has 0 bridgehead atoms. The van der Waals surface area contributed by atoms with E-state index in [1.807, 2.05) is 19.0 Å². The minimum Gasteiger partial charge on any atom is -0.334 e. The first-order valence-corrected chi connectivity index (χ1v) is 11.7. The minimum absolute atomic E-state index is 0. The molecule has 0 aromatic heterocycles. The van der Waals surface area contributed by atoms with Crippen LogP contribution in [-0.4, -0.2) is 85.4 Å². The average molecular weight is 409 g/mol. The lowest BCUT2D eigenvalue weighted by atomic mass is 9.70. The molecule has 29 heavy (non-hydrogen) atoms. The van der Waals surface area contributed by atoms with Crippen LogP contribution in [-0.2, 0) is 4.79 Å². The minimum atomic E-state index is 0. The number of urea groups is 1. The van der Waals surface area contributed by atoms with Gasteiger partial charge in [0.15, 0.2) is 0 Å². The Morgan fingerprint density at radius 3 is 2.62 bits per heavy atom. The van der Waals surface area contributed by atoms with Gasteiger partial charge in [-0.3, -0.25) is 9.69 Å². The van der Waals surface area contributed by atoms with Gasteiger partial charge in [-0.15, -0.1) is 0 Å². The summed E-state index contributed by atoms with van der Waals surface area (Å²) in [6.07, 6.45) is 6.04. The van der Waals surface area contributed by atoms with Gasteiger partial charge in [-0.25, -0.2) is 4.79 Å². The molecule has 1 aliphatic heterocycles. The van der Waals surface area contributed by atoms with Gasteiger partial charge in [-0.1, -0.05) is 20.8 Å². The number of nitrogens with zero attached hydrogens (tertiary/aromatic N) is 3. The van der Waals surface area contributed by atoms with Gasteiger partial charge in [-0.05, 0) is 64.6 Å². The van der Waals surface area contributed by atoms with Crippen molar-refractivity contribution in [2.75, 3.05) is 46.8 Å². The largest absolute Gasteiger partial charge is 0.334 e. The van der Waals surface area contributed by atoms with Gasteiger partial charge in [0.1, 0.15) is 5.78 Å². The van der Waals surface area contributed by atoms with Crippen molar-refractivity contribution in [3.63, 3.8) is 0 Å². The second kappa shape index (κ2) is 9.34. The molecule has 3 aliphatic rings. The molecule has 3 rings (SSSR count). The van der Waals surface area contributed by atoms with E-state index in [2.05, 4.69) is 35.9 Å². The average Bonchev–Trinajstić information content (AvgIpc) is 3.41. The first-order valence-electron chi connectivity index (χ1n) is 11.7. The quantitative estimate of drug-likeness (QED) is 0.671. The second-order valence-electron chi connectivity index (χ2n) is 10.5. The van der Waals surface area contributed by atoms with E-state index >= 15 is 0 Å². The van der Waals surface area contributed by atoms with Gasteiger partial charge in [0.05, 0.1) is 0 Å². The summed E-state index contributed by atoms with van der Waals surface area (Å²) in [6.45, 7) is 10.9. The number of hydrogen-bond donors (Lipinski definition) is 1. The number of Topliss-reactive ketones (excluding diaryl/α,β-unsaturated/α-hetero) is 1. The molecule has 168 valence electrons. The summed E-state index contributed by atoms with van der Waals surface area (Å²) < 4.78 is 0. The van der Waals surface area contributed by atoms with E-state index in [0.717, 1.165) is 64.8 Å². The number of likely N-dealkylation sites (tertiary alicyclic amines) is 1. The van der Waals surface area contributed by atoms with Crippen LogP contribution in [0.3, 0.4) is 0 Å². The zero-order valence-corrected chi connectivity index (χ0v) is 19.2. The molecule has 2 amide bonds. The number of nitrogens with one attached hydrogen (secondary N) is 1. The maximum atomic E-state index is 13.1. The van der Waals surface area contributed by atoms with Gasteiger partial charge >= 0.3 is 6.03 Å². The number of likely N-dealkylation sites (N-methyl/N-ethyl adjacent to an activating group) is 1. The summed E-state index contributed by atoms with van der Waals surface area (Å²) >= 11 is 0. The molecule has 3 fully saturated rings. The Hall–Kier alpha value is -1.14. The van der Waals surface area contributed by atoms with Crippen molar-refractivity contribution >= 4 is 11.8 Å². The van der Waals surface area contributed by atoms with Crippen molar-refractivity contribution in [3.05, 3.63) is 0 Å². The predicted octanol–water partition coefficient (Wildman–Crippen LogP) is 3.07. The van der Waals surface area contributed by atoms with Crippen LogP contribution >= 0.6 is 0 Å². The van der Waals surface area contributed by atoms with Crippen molar-refractivity contribution in [1.29, 1.82) is 0 Å². The maximum absolute atomic E-state index is 13.1. The lowest BCUT2D eigenvalue weighted by molar-refractivity contribution is -0.131. The number of fused-ring (bicyclic) bond motifs is 1. The fourth-order valence-electron chi connectivity index (χ4n) is 5.38. The zero-order valence-electron chi connectivity index (χ0n) is 19.2. The normalized spacial score (nSPS) is 28.7. The highest BCUT2D eigenvalue weighted by atomic mass is 16.2. The lowest BCUT2D eigenvalue weighted by Crippen LogP contribution is -2.60. The summed E-state index contributed by atoms with van der Waals surface area (Å²) in [4.78, 5) is 32.4. The number of carbonyl (C=O) groups is 2. The summed E-state index contributed by atoms with van der Waals surface area (Å²) in [5.41, 5.74) is 0.0312. The molecule has 0 unspecified atom stereocenters. The maximum Gasteiger partial charge on any atom is 0.317 e. The van der Waals surface area contributed by atoms with E-state index in [4.69, 9.17) is 0 Å². The third-order valence-corrected chi connectivity index (χ3v) is 7.08. The standard InChI is InChI=1S/C23H42N4O2.H2/c1-6-9-26-16-19(12-18-13-21(28)23(7-8-23)14-20(18)26)24-22(29)27(15-17(2)3)11-10-25(4)5;/h17-20H,6-16H2,1-5H3,(H,24,29);1H/t18-,19+,20-;/m1./s1. The van der Waals surface area contributed by atoms with Crippen LogP contribution in [0.4, 0.5) is 4.79 Å². The first-order chi connectivity index (χ1) is 13.7. The number of piperidine rings is 1. The highest BCUT2D eigenvalue weighted by Gasteiger charge is 2.56. The second-order valence-corrected chi connectivity index (χ2v) is 10.5. The van der Waals surface area contributed by atoms with Gasteiger partial charge < -0.3 is 15.1 Å². The van der Waals surface area contributed by atoms with Gasteiger partial charge in [-0.2, -0.15) is 0 Å². The Bertz CT molecular complexity index is 594. The molecule has 0 aromatic rings. The van der Waals surface area contributed by atoms with Gasteiger partial charge in [0.25, 0.3) is 0 Å². The van der Waals surface area contributed by atoms with Crippen LogP contribution in [0, 0.1) is 17.3 Å². The molecule has 1 saturated heterocycles. The van der Waals surface area contributed by atoms with Crippen LogP contribution in [0.2, 0.25) is 0 Å². The van der Waals surface area contributed by atoms with E-state index in [-0.39, 0.29) is 18.9 Å². The van der Waals surface area contributed by atoms with E-state index in [1.165, 1.54) is 0 Å². The number of carbonyl (C=O) groups excluding carboxylic acids is 2. The summed E-state index contributed by atoms with van der Waals surface area (Å²) in [5, 5.41) is 3.34. The topological polar surface area (TPSA) is 55.9 Å². The van der Waals surface area contributed by atoms with Crippen molar-refractivity contribution in [2.24, 2.45) is 17.3 Å². The number of ketones is 1. The molecule has 0 radical (unpaired) electrons. The van der Waals surface area contributed by atoms with Crippen molar-refractivity contribution in [1.82, 2.24) is 20.0 Å².